The van der Waals surface area contributed by atoms with E-state index in [-0.39, 0.29) is 5.92 Å². The monoisotopic (exact) mass is 348 g/mol. The summed E-state index contributed by atoms with van der Waals surface area (Å²) >= 11 is 0. The van der Waals surface area contributed by atoms with Gasteiger partial charge in [-0.05, 0) is 49.8 Å². The van der Waals surface area contributed by atoms with Gasteiger partial charge in [-0.15, -0.1) is 0 Å². The molecule has 1 aliphatic rings. The summed E-state index contributed by atoms with van der Waals surface area (Å²) in [6, 6.07) is 7.65. The zero-order valence-corrected chi connectivity index (χ0v) is 15.4. The van der Waals surface area contributed by atoms with Crippen molar-refractivity contribution >= 4 is 5.97 Å². The molecule has 1 aromatic carbocycles. The van der Waals surface area contributed by atoms with Gasteiger partial charge in [0.15, 0.2) is 0 Å². The van der Waals surface area contributed by atoms with Gasteiger partial charge in [-0.3, -0.25) is 4.79 Å². The van der Waals surface area contributed by atoms with Crippen molar-refractivity contribution in [2.24, 2.45) is 5.92 Å². The van der Waals surface area contributed by atoms with Crippen molar-refractivity contribution in [3.8, 4) is 5.75 Å². The third-order valence-electron chi connectivity index (χ3n) is 5.32. The number of carboxylic acids is 1. The summed E-state index contributed by atoms with van der Waals surface area (Å²) in [5.41, 5.74) is -0.0349. The van der Waals surface area contributed by atoms with Crippen LogP contribution >= 0.6 is 0 Å². The highest BCUT2D eigenvalue weighted by molar-refractivity contribution is 5.70. The number of carbonyl (C=O) groups is 1. The Bertz CT molecular complexity index is 515. The van der Waals surface area contributed by atoms with Gasteiger partial charge < -0.3 is 14.9 Å². The molecule has 0 unspecified atom stereocenters. The molecule has 4 heteroatoms. The number of rotatable bonds is 10. The molecule has 0 bridgehead atoms. The molecule has 1 aromatic rings. The highest BCUT2D eigenvalue weighted by Gasteiger charge is 2.36. The fourth-order valence-corrected chi connectivity index (χ4v) is 3.56. The first-order valence-electron chi connectivity index (χ1n) is 9.73. The van der Waals surface area contributed by atoms with Crippen LogP contribution in [0.25, 0.3) is 0 Å². The van der Waals surface area contributed by atoms with Gasteiger partial charge in [0.05, 0.1) is 18.1 Å². The topological polar surface area (TPSA) is 66.8 Å². The molecule has 1 fully saturated rings. The number of hydrogen-bond acceptors (Lipinski definition) is 3. The molecule has 2 rings (SSSR count). The van der Waals surface area contributed by atoms with Gasteiger partial charge in [-0.1, -0.05) is 51.2 Å². The Kier molecular flexibility index (Phi) is 7.76. The molecule has 0 amide bonds. The van der Waals surface area contributed by atoms with Crippen molar-refractivity contribution in [3.05, 3.63) is 29.8 Å². The van der Waals surface area contributed by atoms with Gasteiger partial charge >= 0.3 is 5.97 Å². The second-order valence-electron chi connectivity index (χ2n) is 7.28. The van der Waals surface area contributed by atoms with Crippen molar-refractivity contribution in [1.29, 1.82) is 0 Å². The van der Waals surface area contributed by atoms with Gasteiger partial charge in [-0.25, -0.2) is 0 Å². The number of benzene rings is 1. The van der Waals surface area contributed by atoms with E-state index in [1.165, 1.54) is 32.1 Å². The molecule has 0 aliphatic heterocycles. The predicted octanol–water partition coefficient (Wildman–Crippen LogP) is 4.89. The lowest BCUT2D eigenvalue weighted by Crippen LogP contribution is -2.33. The third kappa shape index (κ3) is 6.03. The first kappa shape index (κ1) is 19.8. The molecule has 0 aromatic heterocycles. The minimum absolute atomic E-state index is 0.319. The molecule has 2 N–H and O–H groups in total. The van der Waals surface area contributed by atoms with Crippen LogP contribution in [0.1, 0.15) is 76.7 Å². The Morgan fingerprint density at radius 3 is 2.28 bits per heavy atom. The highest BCUT2D eigenvalue weighted by Crippen LogP contribution is 2.39. The zero-order valence-electron chi connectivity index (χ0n) is 15.4. The van der Waals surface area contributed by atoms with Crippen LogP contribution in [-0.4, -0.2) is 22.8 Å². The summed E-state index contributed by atoms with van der Waals surface area (Å²) in [5.74, 6) is -0.235. The van der Waals surface area contributed by atoms with E-state index < -0.39 is 11.6 Å². The van der Waals surface area contributed by atoms with Crippen molar-refractivity contribution in [1.82, 2.24) is 0 Å². The van der Waals surface area contributed by atoms with Crippen LogP contribution in [0.3, 0.4) is 0 Å². The molecule has 4 nitrogen and oxygen atoms in total. The van der Waals surface area contributed by atoms with E-state index in [0.29, 0.717) is 25.7 Å². The summed E-state index contributed by atoms with van der Waals surface area (Å²) in [5, 5.41) is 19.9. The smallest absolute Gasteiger partial charge is 0.306 e. The zero-order chi connectivity index (χ0) is 18.1. The third-order valence-corrected chi connectivity index (χ3v) is 5.32. The highest BCUT2D eigenvalue weighted by atomic mass is 16.5. The largest absolute Gasteiger partial charge is 0.494 e. The Labute approximate surface area is 151 Å². The summed E-state index contributed by atoms with van der Waals surface area (Å²) in [6.07, 6.45) is 9.53. The number of unbranched alkanes of at least 4 members (excludes halogenated alkanes) is 5. The summed E-state index contributed by atoms with van der Waals surface area (Å²) < 4.78 is 5.78. The van der Waals surface area contributed by atoms with E-state index >= 15 is 0 Å². The standard InChI is InChI=1S/C21H32O4/c1-2-3-4-5-6-7-16-25-19-10-8-18(9-11-19)21(24)14-12-17(13-15-21)20(22)23/h8-11,17,24H,2-7,12-16H2,1H3,(H,22,23). The molecule has 1 saturated carbocycles. The van der Waals surface area contributed by atoms with Crippen molar-refractivity contribution in [3.63, 3.8) is 0 Å². The Morgan fingerprint density at radius 2 is 1.68 bits per heavy atom. The number of aliphatic carboxylic acids is 1. The van der Waals surface area contributed by atoms with E-state index in [1.54, 1.807) is 0 Å². The molecule has 0 saturated heterocycles. The summed E-state index contributed by atoms with van der Waals surface area (Å²) in [7, 11) is 0. The average molecular weight is 348 g/mol. The minimum atomic E-state index is -0.899. The molecule has 0 radical (unpaired) electrons. The van der Waals surface area contributed by atoms with Crippen LogP contribution in [0.4, 0.5) is 0 Å². The fraction of sp³-hybridized carbons (Fsp3) is 0.667. The lowest BCUT2D eigenvalue weighted by Gasteiger charge is -2.35. The normalized spacial score (nSPS) is 23.4. The van der Waals surface area contributed by atoms with Crippen molar-refractivity contribution in [2.75, 3.05) is 6.61 Å². The van der Waals surface area contributed by atoms with Gasteiger partial charge in [0.25, 0.3) is 0 Å². The maximum absolute atomic E-state index is 11.0. The number of carboxylic acid groups (broad SMARTS) is 1. The molecule has 140 valence electrons. The van der Waals surface area contributed by atoms with Gasteiger partial charge in [-0.2, -0.15) is 0 Å². The molecular weight excluding hydrogens is 316 g/mol. The Balaban J connectivity index is 1.75. The Morgan fingerprint density at radius 1 is 1.08 bits per heavy atom. The van der Waals surface area contributed by atoms with Crippen LogP contribution in [0.15, 0.2) is 24.3 Å². The number of hydrogen-bond donors (Lipinski definition) is 2. The van der Waals surface area contributed by atoms with Gasteiger partial charge in [0.1, 0.15) is 5.75 Å². The van der Waals surface area contributed by atoms with Crippen LogP contribution in [0.5, 0.6) is 5.75 Å². The average Bonchev–Trinajstić information content (AvgIpc) is 2.62. The maximum atomic E-state index is 11.0. The maximum Gasteiger partial charge on any atom is 0.306 e. The predicted molar refractivity (Wildman–Crippen MR) is 98.8 cm³/mol. The summed E-state index contributed by atoms with van der Waals surface area (Å²) in [6.45, 7) is 2.96. The van der Waals surface area contributed by atoms with E-state index in [0.717, 1.165) is 24.3 Å². The quantitative estimate of drug-likeness (QED) is 0.591. The van der Waals surface area contributed by atoms with Crippen LogP contribution in [0, 0.1) is 5.92 Å². The van der Waals surface area contributed by atoms with E-state index in [9.17, 15) is 9.90 Å². The molecule has 0 heterocycles. The molecular formula is C21H32O4. The minimum Gasteiger partial charge on any atom is -0.494 e. The lowest BCUT2D eigenvalue weighted by atomic mass is 9.75. The van der Waals surface area contributed by atoms with Gasteiger partial charge in [0.2, 0.25) is 0 Å². The molecule has 0 spiro atoms. The number of ether oxygens (including phenoxy) is 1. The number of aliphatic hydroxyl groups is 1. The first-order valence-corrected chi connectivity index (χ1v) is 9.73. The SMILES string of the molecule is CCCCCCCCOc1ccc(C2(O)CCC(C(=O)O)CC2)cc1. The van der Waals surface area contributed by atoms with Crippen LogP contribution in [0.2, 0.25) is 0 Å². The van der Waals surface area contributed by atoms with Crippen LogP contribution in [-0.2, 0) is 10.4 Å². The molecule has 25 heavy (non-hydrogen) atoms. The molecule has 0 atom stereocenters. The van der Waals surface area contributed by atoms with E-state index in [4.69, 9.17) is 9.84 Å². The molecule has 1 aliphatic carbocycles. The Hall–Kier alpha value is -1.55. The summed E-state index contributed by atoms with van der Waals surface area (Å²) in [4.78, 5) is 11.0. The van der Waals surface area contributed by atoms with Crippen LogP contribution < -0.4 is 4.74 Å². The van der Waals surface area contributed by atoms with E-state index in [1.807, 2.05) is 24.3 Å². The van der Waals surface area contributed by atoms with Crippen molar-refractivity contribution in [2.45, 2.75) is 76.7 Å². The van der Waals surface area contributed by atoms with Crippen molar-refractivity contribution < 1.29 is 19.7 Å². The fourth-order valence-electron chi connectivity index (χ4n) is 3.56. The first-order chi connectivity index (χ1) is 12.0. The lowest BCUT2D eigenvalue weighted by molar-refractivity contribution is -0.145. The second kappa shape index (κ2) is 9.81. The second-order valence-corrected chi connectivity index (χ2v) is 7.28. The van der Waals surface area contributed by atoms with E-state index in [2.05, 4.69) is 6.92 Å². The van der Waals surface area contributed by atoms with Gasteiger partial charge in [0, 0.05) is 0 Å².